The maximum Gasteiger partial charge on any atom is 0.202 e. The van der Waals surface area contributed by atoms with E-state index in [-0.39, 0.29) is 11.0 Å². The summed E-state index contributed by atoms with van der Waals surface area (Å²) in [5, 5.41) is 2.98. The summed E-state index contributed by atoms with van der Waals surface area (Å²) in [7, 11) is 0. The van der Waals surface area contributed by atoms with E-state index < -0.39 is 5.82 Å². The van der Waals surface area contributed by atoms with Gasteiger partial charge in [-0.2, -0.15) is 4.39 Å². The molecule has 0 unspecified atom stereocenters. The zero-order valence-electron chi connectivity index (χ0n) is 8.13. The highest BCUT2D eigenvalue weighted by Crippen LogP contribution is 2.39. The molecule has 1 N–H and O–H groups in total. The van der Waals surface area contributed by atoms with E-state index in [1.165, 1.54) is 0 Å². The standard InChI is InChI=1S/C10H11ClFN3/c11-8-7(12)10(13-6-3-4-6)15-9(14-8)5-1-2-5/h5-6H,1-4H2,(H,13,14,15). The SMILES string of the molecule is Fc1c(Cl)nc(C2CC2)nc1NC1CC1. The summed E-state index contributed by atoms with van der Waals surface area (Å²) in [6.45, 7) is 0. The first-order valence-corrected chi connectivity index (χ1v) is 5.61. The molecule has 2 fully saturated rings. The molecule has 0 amide bonds. The molecule has 15 heavy (non-hydrogen) atoms. The fourth-order valence-corrected chi connectivity index (χ4v) is 1.65. The van der Waals surface area contributed by atoms with Gasteiger partial charge in [0.25, 0.3) is 0 Å². The minimum absolute atomic E-state index is 0.0601. The molecule has 1 aromatic rings. The highest BCUT2D eigenvalue weighted by Gasteiger charge is 2.30. The van der Waals surface area contributed by atoms with Gasteiger partial charge in [-0.3, -0.25) is 0 Å². The van der Waals surface area contributed by atoms with Crippen LogP contribution in [0.2, 0.25) is 5.15 Å². The fourth-order valence-electron chi connectivity index (χ4n) is 1.48. The van der Waals surface area contributed by atoms with Crippen LogP contribution in [-0.4, -0.2) is 16.0 Å². The molecule has 1 aromatic heterocycles. The van der Waals surface area contributed by atoms with E-state index in [2.05, 4.69) is 15.3 Å². The van der Waals surface area contributed by atoms with E-state index in [1.54, 1.807) is 0 Å². The monoisotopic (exact) mass is 227 g/mol. The highest BCUT2D eigenvalue weighted by atomic mass is 35.5. The Morgan fingerprint density at radius 1 is 1.20 bits per heavy atom. The molecule has 2 saturated carbocycles. The van der Waals surface area contributed by atoms with Gasteiger partial charge in [0.15, 0.2) is 11.0 Å². The third-order valence-electron chi connectivity index (χ3n) is 2.69. The van der Waals surface area contributed by atoms with Gasteiger partial charge in [0.2, 0.25) is 5.82 Å². The molecule has 3 nitrogen and oxygen atoms in total. The average molecular weight is 228 g/mol. The van der Waals surface area contributed by atoms with Crippen LogP contribution < -0.4 is 5.32 Å². The first-order chi connectivity index (χ1) is 7.24. The van der Waals surface area contributed by atoms with Gasteiger partial charge in [-0.1, -0.05) is 11.6 Å². The van der Waals surface area contributed by atoms with Crippen molar-refractivity contribution in [1.82, 2.24) is 9.97 Å². The molecule has 0 bridgehead atoms. The lowest BCUT2D eigenvalue weighted by Gasteiger charge is -2.07. The second-order valence-corrected chi connectivity index (χ2v) is 4.59. The number of halogens is 2. The molecule has 80 valence electrons. The van der Waals surface area contributed by atoms with Crippen molar-refractivity contribution in [3.63, 3.8) is 0 Å². The summed E-state index contributed by atoms with van der Waals surface area (Å²) >= 11 is 5.73. The molecule has 2 aliphatic carbocycles. The lowest BCUT2D eigenvalue weighted by atomic mass is 10.4. The van der Waals surface area contributed by atoms with E-state index in [4.69, 9.17) is 11.6 Å². The van der Waals surface area contributed by atoms with Crippen LogP contribution in [0.1, 0.15) is 37.4 Å². The van der Waals surface area contributed by atoms with Crippen molar-refractivity contribution in [3.05, 3.63) is 16.8 Å². The fraction of sp³-hybridized carbons (Fsp3) is 0.600. The number of hydrogen-bond acceptors (Lipinski definition) is 3. The number of nitrogens with zero attached hydrogens (tertiary/aromatic N) is 2. The Balaban J connectivity index is 1.93. The van der Waals surface area contributed by atoms with Crippen molar-refractivity contribution < 1.29 is 4.39 Å². The molecule has 0 atom stereocenters. The summed E-state index contributed by atoms with van der Waals surface area (Å²) < 4.78 is 13.5. The van der Waals surface area contributed by atoms with Crippen molar-refractivity contribution in [2.24, 2.45) is 0 Å². The number of nitrogens with one attached hydrogen (secondary N) is 1. The van der Waals surface area contributed by atoms with Crippen LogP contribution in [0, 0.1) is 5.82 Å². The second kappa shape index (κ2) is 3.30. The molecule has 1 heterocycles. The Morgan fingerprint density at radius 3 is 2.53 bits per heavy atom. The van der Waals surface area contributed by atoms with Crippen LogP contribution in [-0.2, 0) is 0 Å². The second-order valence-electron chi connectivity index (χ2n) is 4.23. The molecule has 5 heteroatoms. The zero-order valence-corrected chi connectivity index (χ0v) is 8.89. The van der Waals surface area contributed by atoms with Gasteiger partial charge in [-0.15, -0.1) is 0 Å². The smallest absolute Gasteiger partial charge is 0.202 e. The molecule has 2 aliphatic rings. The molecule has 0 radical (unpaired) electrons. The average Bonchev–Trinajstić information content (AvgIpc) is 3.03. The predicted octanol–water partition coefficient (Wildman–Crippen LogP) is 2.72. The molecular formula is C10H11ClFN3. The predicted molar refractivity (Wildman–Crippen MR) is 55.6 cm³/mol. The maximum absolute atomic E-state index is 13.5. The van der Waals surface area contributed by atoms with E-state index in [0.717, 1.165) is 25.7 Å². The van der Waals surface area contributed by atoms with Crippen molar-refractivity contribution in [3.8, 4) is 0 Å². The summed E-state index contributed by atoms with van der Waals surface area (Å²) in [4.78, 5) is 8.16. The molecule has 3 rings (SSSR count). The number of hydrogen-bond donors (Lipinski definition) is 1. The van der Waals surface area contributed by atoms with Crippen molar-refractivity contribution in [1.29, 1.82) is 0 Å². The molecule has 0 saturated heterocycles. The van der Waals surface area contributed by atoms with Gasteiger partial charge in [-0.25, -0.2) is 9.97 Å². The third kappa shape index (κ3) is 1.91. The first kappa shape index (κ1) is 9.33. The molecule has 0 spiro atoms. The van der Waals surface area contributed by atoms with Crippen LogP contribution in [0.5, 0.6) is 0 Å². The summed E-state index contributed by atoms with van der Waals surface area (Å²) in [5.41, 5.74) is 0. The Hall–Kier alpha value is -0.900. The van der Waals surface area contributed by atoms with Gasteiger partial charge in [0.05, 0.1) is 0 Å². The molecule has 0 aromatic carbocycles. The minimum atomic E-state index is -0.520. The summed E-state index contributed by atoms with van der Waals surface area (Å²) in [6, 6.07) is 0.373. The van der Waals surface area contributed by atoms with Crippen LogP contribution in [0.4, 0.5) is 10.2 Å². The van der Waals surface area contributed by atoms with Crippen molar-refractivity contribution in [2.45, 2.75) is 37.6 Å². The van der Waals surface area contributed by atoms with Gasteiger partial charge in [0.1, 0.15) is 5.82 Å². The van der Waals surface area contributed by atoms with Crippen molar-refractivity contribution in [2.75, 3.05) is 5.32 Å². The minimum Gasteiger partial charge on any atom is -0.365 e. The van der Waals surface area contributed by atoms with E-state index >= 15 is 0 Å². The van der Waals surface area contributed by atoms with Crippen LogP contribution in [0.3, 0.4) is 0 Å². The molecule has 0 aliphatic heterocycles. The number of rotatable bonds is 3. The molecular weight excluding hydrogens is 217 g/mol. The third-order valence-corrected chi connectivity index (χ3v) is 2.94. The van der Waals surface area contributed by atoms with Gasteiger partial charge in [0, 0.05) is 12.0 Å². The normalized spacial score (nSPS) is 20.4. The number of anilines is 1. The van der Waals surface area contributed by atoms with Gasteiger partial charge < -0.3 is 5.32 Å². The number of aromatic nitrogens is 2. The first-order valence-electron chi connectivity index (χ1n) is 5.23. The Labute approximate surface area is 92.1 Å². The topological polar surface area (TPSA) is 37.8 Å². The summed E-state index contributed by atoms with van der Waals surface area (Å²) in [5.74, 6) is 0.833. The van der Waals surface area contributed by atoms with Gasteiger partial charge in [-0.05, 0) is 25.7 Å². The van der Waals surface area contributed by atoms with Crippen LogP contribution in [0.15, 0.2) is 0 Å². The van der Waals surface area contributed by atoms with Gasteiger partial charge >= 0.3 is 0 Å². The largest absolute Gasteiger partial charge is 0.365 e. The lowest BCUT2D eigenvalue weighted by molar-refractivity contribution is 0.612. The van der Waals surface area contributed by atoms with E-state index in [1.807, 2.05) is 0 Å². The van der Waals surface area contributed by atoms with E-state index in [0.29, 0.717) is 17.8 Å². The Bertz CT molecular complexity index is 402. The van der Waals surface area contributed by atoms with Crippen molar-refractivity contribution >= 4 is 17.4 Å². The Kier molecular flexibility index (Phi) is 2.06. The van der Waals surface area contributed by atoms with Crippen LogP contribution in [0.25, 0.3) is 0 Å². The summed E-state index contributed by atoms with van der Waals surface area (Å²) in [6.07, 6.45) is 4.34. The van der Waals surface area contributed by atoms with E-state index in [9.17, 15) is 4.39 Å². The highest BCUT2D eigenvalue weighted by molar-refractivity contribution is 6.29. The Morgan fingerprint density at radius 2 is 1.93 bits per heavy atom. The zero-order chi connectivity index (χ0) is 10.4. The maximum atomic E-state index is 13.5. The quantitative estimate of drug-likeness (QED) is 0.807. The van der Waals surface area contributed by atoms with Crippen LogP contribution >= 0.6 is 11.6 Å². The lowest BCUT2D eigenvalue weighted by Crippen LogP contribution is -2.08.